The predicted octanol–water partition coefficient (Wildman–Crippen LogP) is 0.553. The third-order valence-electron chi connectivity index (χ3n) is 2.60. The Bertz CT molecular complexity index is 657. The molecule has 0 aliphatic rings. The number of fused-ring (bicyclic) bond motifs is 1. The summed E-state index contributed by atoms with van der Waals surface area (Å²) in [5, 5.41) is 24.5. The number of pyridine rings is 1. The Labute approximate surface area is 114 Å². The maximum Gasteiger partial charge on any atom is 0.322 e. The lowest BCUT2D eigenvalue weighted by Gasteiger charge is -2.08. The minimum Gasteiger partial charge on any atom is -0.508 e. The fourth-order valence-electron chi connectivity index (χ4n) is 1.70. The third-order valence-corrected chi connectivity index (χ3v) is 2.60. The highest BCUT2D eigenvalue weighted by atomic mass is 16.4. The summed E-state index contributed by atoms with van der Waals surface area (Å²) < 4.78 is 0. The summed E-state index contributed by atoms with van der Waals surface area (Å²) in [6.07, 6.45) is 1.58. The van der Waals surface area contributed by atoms with Crippen molar-refractivity contribution in [1.82, 2.24) is 10.3 Å². The Hall–Kier alpha value is -2.83. The van der Waals surface area contributed by atoms with Crippen molar-refractivity contribution in [2.45, 2.75) is 0 Å². The van der Waals surface area contributed by atoms with Gasteiger partial charge in [0.1, 0.15) is 18.1 Å². The normalized spacial score (nSPS) is 10.2. The van der Waals surface area contributed by atoms with E-state index in [1.165, 1.54) is 0 Å². The highest BCUT2D eigenvalue weighted by molar-refractivity contribution is 5.94. The zero-order chi connectivity index (χ0) is 14.5. The van der Waals surface area contributed by atoms with Gasteiger partial charge >= 0.3 is 5.97 Å². The fourth-order valence-corrected chi connectivity index (χ4v) is 1.70. The lowest BCUT2D eigenvalue weighted by atomic mass is 10.1. The minimum absolute atomic E-state index is 0.101. The quantitative estimate of drug-likeness (QED) is 0.634. The van der Waals surface area contributed by atoms with E-state index >= 15 is 0 Å². The van der Waals surface area contributed by atoms with Crippen molar-refractivity contribution >= 4 is 28.5 Å². The van der Waals surface area contributed by atoms with Crippen molar-refractivity contribution < 1.29 is 19.8 Å². The van der Waals surface area contributed by atoms with Crippen LogP contribution in [0.1, 0.15) is 0 Å². The molecule has 0 saturated carbocycles. The monoisotopic (exact) mass is 275 g/mol. The van der Waals surface area contributed by atoms with Gasteiger partial charge in [-0.25, -0.2) is 4.98 Å². The Kier molecular flexibility index (Phi) is 3.99. The first-order chi connectivity index (χ1) is 9.56. The topological polar surface area (TPSA) is 112 Å². The number of aliphatic carboxylic acids is 1. The molecule has 1 aromatic carbocycles. The van der Waals surface area contributed by atoms with Crippen molar-refractivity contribution in [2.75, 3.05) is 18.4 Å². The Morgan fingerprint density at radius 1 is 1.20 bits per heavy atom. The molecule has 1 heterocycles. The molecule has 0 atom stereocenters. The second kappa shape index (κ2) is 5.87. The van der Waals surface area contributed by atoms with Gasteiger partial charge in [-0.2, -0.15) is 0 Å². The first-order valence-corrected chi connectivity index (χ1v) is 5.86. The van der Waals surface area contributed by atoms with Crippen molar-refractivity contribution in [3.05, 3.63) is 30.5 Å². The molecule has 104 valence electrons. The molecule has 0 spiro atoms. The Morgan fingerprint density at radius 3 is 2.75 bits per heavy atom. The van der Waals surface area contributed by atoms with Crippen LogP contribution in [0.4, 0.5) is 5.82 Å². The number of carbonyl (C=O) groups is 2. The van der Waals surface area contributed by atoms with E-state index in [1.807, 2.05) is 0 Å². The molecule has 0 aliphatic heterocycles. The summed E-state index contributed by atoms with van der Waals surface area (Å²) >= 11 is 0. The molecular weight excluding hydrogens is 262 g/mol. The number of hydrogen-bond donors (Lipinski definition) is 4. The van der Waals surface area contributed by atoms with Gasteiger partial charge in [0.25, 0.3) is 0 Å². The van der Waals surface area contributed by atoms with E-state index in [0.29, 0.717) is 11.2 Å². The van der Waals surface area contributed by atoms with Gasteiger partial charge in [0.05, 0.1) is 6.54 Å². The van der Waals surface area contributed by atoms with Crippen LogP contribution in [0.3, 0.4) is 0 Å². The van der Waals surface area contributed by atoms with Crippen LogP contribution in [0.15, 0.2) is 30.5 Å². The lowest BCUT2D eigenvalue weighted by molar-refractivity contribution is -0.137. The van der Waals surface area contributed by atoms with Crippen LogP contribution in [0.25, 0.3) is 10.8 Å². The van der Waals surface area contributed by atoms with Gasteiger partial charge in [0, 0.05) is 11.6 Å². The number of carboxylic acid groups (broad SMARTS) is 1. The number of benzene rings is 1. The molecule has 7 heteroatoms. The lowest BCUT2D eigenvalue weighted by Crippen LogP contribution is -2.34. The second-order valence-electron chi connectivity index (χ2n) is 4.09. The molecule has 2 aromatic rings. The number of rotatable bonds is 5. The number of phenols is 1. The molecule has 2 rings (SSSR count). The van der Waals surface area contributed by atoms with Crippen molar-refractivity contribution in [2.24, 2.45) is 0 Å². The number of phenolic OH excluding ortho intramolecular Hbond substituents is 1. The zero-order valence-corrected chi connectivity index (χ0v) is 10.5. The first kappa shape index (κ1) is 13.6. The number of aromatic hydroxyl groups is 1. The van der Waals surface area contributed by atoms with Crippen LogP contribution >= 0.6 is 0 Å². The standard InChI is InChI=1S/C13H13N3O4/c17-9-2-1-8-3-4-14-13(10(8)5-9)16-6-11(18)15-7-12(19)20/h1-5,17H,6-7H2,(H,14,16)(H,15,18)(H,19,20). The molecular formula is C13H13N3O4. The van der Waals surface area contributed by atoms with E-state index in [4.69, 9.17) is 5.11 Å². The van der Waals surface area contributed by atoms with Crippen molar-refractivity contribution in [3.63, 3.8) is 0 Å². The van der Waals surface area contributed by atoms with Crippen LogP contribution in [0.5, 0.6) is 5.75 Å². The molecule has 0 radical (unpaired) electrons. The first-order valence-electron chi connectivity index (χ1n) is 5.86. The average Bonchev–Trinajstić information content (AvgIpc) is 2.42. The molecule has 1 aromatic heterocycles. The number of nitrogens with zero attached hydrogens (tertiary/aromatic N) is 1. The van der Waals surface area contributed by atoms with Crippen LogP contribution in [0.2, 0.25) is 0 Å². The summed E-state index contributed by atoms with van der Waals surface area (Å²) in [6, 6.07) is 6.62. The van der Waals surface area contributed by atoms with Crippen LogP contribution in [0, 0.1) is 0 Å². The molecule has 4 N–H and O–H groups in total. The molecule has 0 saturated heterocycles. The van der Waals surface area contributed by atoms with Gasteiger partial charge in [-0.05, 0) is 23.6 Å². The molecule has 0 fully saturated rings. The zero-order valence-electron chi connectivity index (χ0n) is 10.5. The van der Waals surface area contributed by atoms with E-state index in [-0.39, 0.29) is 12.3 Å². The molecule has 0 aliphatic carbocycles. The summed E-state index contributed by atoms with van der Waals surface area (Å²) in [5.74, 6) is -1.01. The van der Waals surface area contributed by atoms with Crippen molar-refractivity contribution in [1.29, 1.82) is 0 Å². The second-order valence-corrected chi connectivity index (χ2v) is 4.09. The largest absolute Gasteiger partial charge is 0.508 e. The van der Waals surface area contributed by atoms with Gasteiger partial charge in [-0.1, -0.05) is 6.07 Å². The highest BCUT2D eigenvalue weighted by Crippen LogP contribution is 2.24. The number of amides is 1. The SMILES string of the molecule is O=C(O)CNC(=O)CNc1nccc2ccc(O)cc12. The third kappa shape index (κ3) is 3.35. The maximum absolute atomic E-state index is 11.4. The molecule has 0 bridgehead atoms. The number of hydrogen-bond acceptors (Lipinski definition) is 5. The van der Waals surface area contributed by atoms with Gasteiger partial charge in [0.15, 0.2) is 0 Å². The summed E-state index contributed by atoms with van der Waals surface area (Å²) in [7, 11) is 0. The molecule has 1 amide bonds. The molecule has 0 unspecified atom stereocenters. The summed E-state index contributed by atoms with van der Waals surface area (Å²) in [5.41, 5.74) is 0. The van der Waals surface area contributed by atoms with E-state index in [0.717, 1.165) is 5.39 Å². The summed E-state index contributed by atoms with van der Waals surface area (Å²) in [4.78, 5) is 25.8. The van der Waals surface area contributed by atoms with Crippen LogP contribution < -0.4 is 10.6 Å². The van der Waals surface area contributed by atoms with E-state index in [2.05, 4.69) is 15.6 Å². The Morgan fingerprint density at radius 2 is 2.00 bits per heavy atom. The average molecular weight is 275 g/mol. The number of anilines is 1. The summed E-state index contributed by atoms with van der Waals surface area (Å²) in [6.45, 7) is -0.528. The van der Waals surface area contributed by atoms with E-state index in [1.54, 1.807) is 30.5 Å². The number of nitrogens with one attached hydrogen (secondary N) is 2. The molecule has 7 nitrogen and oxygen atoms in total. The van der Waals surface area contributed by atoms with E-state index < -0.39 is 18.4 Å². The predicted molar refractivity (Wildman–Crippen MR) is 72.5 cm³/mol. The smallest absolute Gasteiger partial charge is 0.322 e. The van der Waals surface area contributed by atoms with E-state index in [9.17, 15) is 14.7 Å². The van der Waals surface area contributed by atoms with Gasteiger partial charge in [-0.3, -0.25) is 9.59 Å². The number of aromatic nitrogens is 1. The van der Waals surface area contributed by atoms with Gasteiger partial charge in [0.2, 0.25) is 5.91 Å². The molecule has 20 heavy (non-hydrogen) atoms. The highest BCUT2D eigenvalue weighted by Gasteiger charge is 2.07. The van der Waals surface area contributed by atoms with Crippen LogP contribution in [-0.2, 0) is 9.59 Å². The fraction of sp³-hybridized carbons (Fsp3) is 0.154. The minimum atomic E-state index is -1.11. The van der Waals surface area contributed by atoms with Gasteiger partial charge < -0.3 is 20.8 Å². The van der Waals surface area contributed by atoms with Crippen molar-refractivity contribution in [3.8, 4) is 5.75 Å². The number of carboxylic acids is 1. The maximum atomic E-state index is 11.4. The number of carbonyl (C=O) groups excluding carboxylic acids is 1. The van der Waals surface area contributed by atoms with Crippen LogP contribution in [-0.4, -0.2) is 40.2 Å². The van der Waals surface area contributed by atoms with Gasteiger partial charge in [-0.15, -0.1) is 0 Å². The Balaban J connectivity index is 2.08.